The summed E-state index contributed by atoms with van der Waals surface area (Å²) in [4.78, 5) is 16.4. The summed E-state index contributed by atoms with van der Waals surface area (Å²) in [7, 11) is 0. The molecule has 1 fully saturated rings. The van der Waals surface area contributed by atoms with Crippen LogP contribution in [0, 0.1) is 5.92 Å². The summed E-state index contributed by atoms with van der Waals surface area (Å²) in [6.45, 7) is 0. The van der Waals surface area contributed by atoms with Crippen molar-refractivity contribution >= 4 is 21.8 Å². The standard InChI is InChI=1S/C17H15BrN2O/c18-14-9-19-8-7-12(14)17(21)20-16-13-6-5-10-3-1-2-4-11(10)15(13)16/h1-4,7-9,13,15-16H,5-6H2,(H,20,21)/t13-,15+,16+/m0/s1. The monoisotopic (exact) mass is 342 g/mol. The molecule has 0 unspecified atom stereocenters. The molecular weight excluding hydrogens is 328 g/mol. The molecule has 2 aliphatic carbocycles. The number of aryl methyl sites for hydroxylation is 1. The van der Waals surface area contributed by atoms with Crippen molar-refractivity contribution in [3.63, 3.8) is 0 Å². The van der Waals surface area contributed by atoms with E-state index in [1.54, 1.807) is 18.5 Å². The van der Waals surface area contributed by atoms with E-state index in [1.807, 2.05) is 0 Å². The quantitative estimate of drug-likeness (QED) is 0.909. The van der Waals surface area contributed by atoms with Gasteiger partial charge < -0.3 is 5.32 Å². The van der Waals surface area contributed by atoms with Crippen molar-refractivity contribution < 1.29 is 4.79 Å². The molecule has 3 atom stereocenters. The van der Waals surface area contributed by atoms with E-state index in [4.69, 9.17) is 0 Å². The van der Waals surface area contributed by atoms with Crippen LogP contribution in [0.2, 0.25) is 0 Å². The number of aromatic nitrogens is 1. The molecule has 0 bridgehead atoms. The number of rotatable bonds is 2. The maximum atomic E-state index is 12.4. The molecule has 0 saturated heterocycles. The Bertz CT molecular complexity index is 715. The highest BCUT2D eigenvalue weighted by atomic mass is 79.9. The van der Waals surface area contributed by atoms with E-state index in [0.717, 1.165) is 10.9 Å². The molecule has 4 rings (SSSR count). The number of halogens is 1. The highest BCUT2D eigenvalue weighted by molar-refractivity contribution is 9.10. The molecule has 2 aromatic rings. The Hall–Kier alpha value is -1.68. The van der Waals surface area contributed by atoms with E-state index in [0.29, 0.717) is 17.4 Å². The lowest BCUT2D eigenvalue weighted by molar-refractivity contribution is 0.0947. The number of amides is 1. The smallest absolute Gasteiger partial charge is 0.252 e. The van der Waals surface area contributed by atoms with Crippen LogP contribution in [0.3, 0.4) is 0 Å². The van der Waals surface area contributed by atoms with Gasteiger partial charge in [0, 0.05) is 28.8 Å². The lowest BCUT2D eigenvalue weighted by atomic mass is 9.92. The molecule has 0 radical (unpaired) electrons. The first-order valence-corrected chi connectivity index (χ1v) is 8.03. The van der Waals surface area contributed by atoms with Crippen LogP contribution in [0.15, 0.2) is 47.2 Å². The zero-order valence-corrected chi connectivity index (χ0v) is 13.0. The Morgan fingerprint density at radius 2 is 2.14 bits per heavy atom. The van der Waals surface area contributed by atoms with Gasteiger partial charge in [0.2, 0.25) is 0 Å². The molecule has 106 valence electrons. The van der Waals surface area contributed by atoms with Gasteiger partial charge in [0.15, 0.2) is 0 Å². The predicted octanol–water partition coefficient (Wildman–Crippen LogP) is 3.30. The predicted molar refractivity (Wildman–Crippen MR) is 84.2 cm³/mol. The second-order valence-corrected chi connectivity index (χ2v) is 6.64. The van der Waals surface area contributed by atoms with Crippen molar-refractivity contribution in [2.45, 2.75) is 24.8 Å². The number of nitrogens with one attached hydrogen (secondary N) is 1. The summed E-state index contributed by atoms with van der Waals surface area (Å²) in [6, 6.07) is 10.6. The fourth-order valence-corrected chi connectivity index (χ4v) is 3.98. The largest absolute Gasteiger partial charge is 0.348 e. The van der Waals surface area contributed by atoms with Crippen molar-refractivity contribution in [3.05, 3.63) is 63.9 Å². The molecule has 1 amide bonds. The van der Waals surface area contributed by atoms with Crippen LogP contribution in [0.1, 0.15) is 33.8 Å². The molecule has 1 saturated carbocycles. The number of pyridine rings is 1. The minimum absolute atomic E-state index is 0.0128. The summed E-state index contributed by atoms with van der Waals surface area (Å²) in [6.07, 6.45) is 5.60. The van der Waals surface area contributed by atoms with Crippen LogP contribution in [0.25, 0.3) is 0 Å². The number of hydrogen-bond acceptors (Lipinski definition) is 2. The van der Waals surface area contributed by atoms with Crippen LogP contribution in [-0.4, -0.2) is 16.9 Å². The molecule has 3 nitrogen and oxygen atoms in total. The second-order valence-electron chi connectivity index (χ2n) is 5.78. The van der Waals surface area contributed by atoms with Gasteiger partial charge in [0.1, 0.15) is 0 Å². The fourth-order valence-electron chi connectivity index (χ4n) is 3.55. The Kier molecular flexibility index (Phi) is 3.07. The van der Waals surface area contributed by atoms with Gasteiger partial charge in [0.25, 0.3) is 5.91 Å². The van der Waals surface area contributed by atoms with Crippen LogP contribution in [0.5, 0.6) is 0 Å². The van der Waals surface area contributed by atoms with E-state index >= 15 is 0 Å². The molecular formula is C17H15BrN2O. The highest BCUT2D eigenvalue weighted by Crippen LogP contribution is 2.54. The van der Waals surface area contributed by atoms with Gasteiger partial charge >= 0.3 is 0 Å². The first kappa shape index (κ1) is 13.0. The first-order chi connectivity index (χ1) is 10.3. The molecule has 2 aliphatic rings. The average molecular weight is 343 g/mol. The topological polar surface area (TPSA) is 42.0 Å². The molecule has 1 N–H and O–H groups in total. The number of fused-ring (bicyclic) bond motifs is 3. The molecule has 4 heteroatoms. The van der Waals surface area contributed by atoms with E-state index < -0.39 is 0 Å². The highest BCUT2D eigenvalue weighted by Gasteiger charge is 2.53. The normalized spacial score (nSPS) is 25.7. The minimum Gasteiger partial charge on any atom is -0.348 e. The van der Waals surface area contributed by atoms with Crippen molar-refractivity contribution in [2.75, 3.05) is 0 Å². The molecule has 0 aliphatic heterocycles. The van der Waals surface area contributed by atoms with Gasteiger partial charge in [-0.25, -0.2) is 0 Å². The van der Waals surface area contributed by atoms with E-state index in [9.17, 15) is 4.79 Å². The number of benzene rings is 1. The third-order valence-electron chi connectivity index (χ3n) is 4.64. The Morgan fingerprint density at radius 3 is 3.00 bits per heavy atom. The zero-order chi connectivity index (χ0) is 14.4. The summed E-state index contributed by atoms with van der Waals surface area (Å²) < 4.78 is 0.742. The Balaban J connectivity index is 1.54. The van der Waals surface area contributed by atoms with E-state index in [-0.39, 0.29) is 11.9 Å². The maximum absolute atomic E-state index is 12.4. The number of carbonyl (C=O) groups is 1. The van der Waals surface area contributed by atoms with E-state index in [2.05, 4.69) is 50.5 Å². The van der Waals surface area contributed by atoms with Crippen molar-refractivity contribution in [1.82, 2.24) is 10.3 Å². The average Bonchev–Trinajstić information content (AvgIpc) is 3.21. The minimum atomic E-state index is -0.0128. The lowest BCUT2D eigenvalue weighted by Crippen LogP contribution is -2.27. The maximum Gasteiger partial charge on any atom is 0.252 e. The fraction of sp³-hybridized carbons (Fsp3) is 0.294. The van der Waals surface area contributed by atoms with Gasteiger partial charge in [-0.3, -0.25) is 9.78 Å². The van der Waals surface area contributed by atoms with Crippen LogP contribution >= 0.6 is 15.9 Å². The Labute approximate surface area is 131 Å². The van der Waals surface area contributed by atoms with Crippen molar-refractivity contribution in [2.24, 2.45) is 5.92 Å². The number of hydrogen-bond donors (Lipinski definition) is 1. The summed E-state index contributed by atoms with van der Waals surface area (Å²) in [5.74, 6) is 1.09. The summed E-state index contributed by atoms with van der Waals surface area (Å²) >= 11 is 3.39. The van der Waals surface area contributed by atoms with E-state index in [1.165, 1.54) is 17.5 Å². The third-order valence-corrected chi connectivity index (χ3v) is 5.28. The Morgan fingerprint density at radius 1 is 1.29 bits per heavy atom. The molecule has 0 spiro atoms. The summed E-state index contributed by atoms with van der Waals surface area (Å²) in [5, 5.41) is 3.20. The second kappa shape index (κ2) is 4.95. The zero-order valence-electron chi connectivity index (χ0n) is 11.4. The van der Waals surface area contributed by atoms with Gasteiger partial charge in [-0.2, -0.15) is 0 Å². The SMILES string of the molecule is O=C(N[C@@H]1[C@H]2CCc3ccccc3[C@H]21)c1ccncc1Br. The first-order valence-electron chi connectivity index (χ1n) is 7.24. The van der Waals surface area contributed by atoms with Crippen molar-refractivity contribution in [3.8, 4) is 0 Å². The van der Waals surface area contributed by atoms with Crippen LogP contribution in [0.4, 0.5) is 0 Å². The van der Waals surface area contributed by atoms with Crippen molar-refractivity contribution in [1.29, 1.82) is 0 Å². The molecule has 1 aromatic carbocycles. The van der Waals surface area contributed by atoms with Gasteiger partial charge in [-0.15, -0.1) is 0 Å². The van der Waals surface area contributed by atoms with Gasteiger partial charge in [0.05, 0.1) is 5.56 Å². The lowest BCUT2D eigenvalue weighted by Gasteiger charge is -2.13. The molecule has 1 aromatic heterocycles. The van der Waals surface area contributed by atoms with Gasteiger partial charge in [-0.1, -0.05) is 24.3 Å². The summed E-state index contributed by atoms with van der Waals surface area (Å²) in [5.41, 5.74) is 3.52. The third kappa shape index (κ3) is 2.18. The molecule has 21 heavy (non-hydrogen) atoms. The number of nitrogens with zero attached hydrogens (tertiary/aromatic N) is 1. The van der Waals surface area contributed by atoms with Crippen LogP contribution in [-0.2, 0) is 6.42 Å². The van der Waals surface area contributed by atoms with Crippen LogP contribution < -0.4 is 5.32 Å². The molecule has 1 heterocycles. The number of carbonyl (C=O) groups excluding carboxylic acids is 1. The van der Waals surface area contributed by atoms with Gasteiger partial charge in [-0.05, 0) is 51.9 Å².